The predicted molar refractivity (Wildman–Crippen MR) is 128 cm³/mol. The number of halogens is 1. The van der Waals surface area contributed by atoms with Crippen LogP contribution >= 0.6 is 35.3 Å². The number of amides is 1. The van der Waals surface area contributed by atoms with Gasteiger partial charge in [0.05, 0.1) is 6.54 Å². The maximum atomic E-state index is 11.9. The minimum atomic E-state index is 0. The van der Waals surface area contributed by atoms with Crippen LogP contribution in [0, 0.1) is 0 Å². The van der Waals surface area contributed by atoms with Crippen LogP contribution in [0.3, 0.4) is 0 Å². The van der Waals surface area contributed by atoms with Crippen molar-refractivity contribution >= 4 is 52.3 Å². The van der Waals surface area contributed by atoms with Crippen LogP contribution in [0.1, 0.15) is 24.0 Å². The van der Waals surface area contributed by atoms with Gasteiger partial charge in [-0.3, -0.25) is 4.79 Å². The van der Waals surface area contributed by atoms with Gasteiger partial charge in [-0.05, 0) is 17.5 Å². The molecule has 0 bridgehead atoms. The minimum Gasteiger partial charge on any atom is -0.370 e. The maximum absolute atomic E-state index is 11.9. The number of nitrogens with two attached hydrogens (primary N) is 1. The van der Waals surface area contributed by atoms with Crippen molar-refractivity contribution in [1.82, 2.24) is 14.8 Å². The Kier molecular flexibility index (Phi) is 7.70. The number of piperazine rings is 1. The highest BCUT2D eigenvalue weighted by atomic mass is 127. The van der Waals surface area contributed by atoms with Crippen molar-refractivity contribution in [3.63, 3.8) is 0 Å². The fourth-order valence-electron chi connectivity index (χ4n) is 3.71. The molecule has 2 aromatic rings. The lowest BCUT2D eigenvalue weighted by atomic mass is 10.1. The lowest BCUT2D eigenvalue weighted by molar-refractivity contribution is -0.128. The molecule has 9 heteroatoms. The Bertz CT molecular complexity index is 835. The molecule has 2 aliphatic rings. The van der Waals surface area contributed by atoms with E-state index in [1.807, 2.05) is 28.6 Å². The van der Waals surface area contributed by atoms with Gasteiger partial charge in [0, 0.05) is 57.3 Å². The molecule has 0 saturated carbocycles. The highest BCUT2D eigenvalue weighted by Crippen LogP contribution is 2.20. The van der Waals surface area contributed by atoms with Gasteiger partial charge < -0.3 is 20.4 Å². The molecule has 1 aromatic heterocycles. The van der Waals surface area contributed by atoms with Crippen molar-refractivity contribution in [2.75, 3.05) is 37.6 Å². The molecule has 1 aromatic carbocycles. The van der Waals surface area contributed by atoms with E-state index in [2.05, 4.69) is 31.9 Å². The first-order chi connectivity index (χ1) is 13.7. The molecule has 29 heavy (non-hydrogen) atoms. The van der Waals surface area contributed by atoms with Crippen LogP contribution in [0.5, 0.6) is 0 Å². The second kappa shape index (κ2) is 10.2. The summed E-state index contributed by atoms with van der Waals surface area (Å²) in [5.74, 6) is 0.835. The normalized spacial score (nSPS) is 17.6. The van der Waals surface area contributed by atoms with Crippen LogP contribution < -0.4 is 10.6 Å². The molecule has 0 spiro atoms. The molecule has 0 atom stereocenters. The molecule has 4 rings (SSSR count). The van der Waals surface area contributed by atoms with E-state index in [-0.39, 0.29) is 29.9 Å². The molecule has 1 amide bonds. The number of thiazole rings is 1. The number of hydrogen-bond acceptors (Lipinski definition) is 5. The lowest BCUT2D eigenvalue weighted by Crippen LogP contribution is -2.51. The van der Waals surface area contributed by atoms with E-state index < -0.39 is 0 Å². The van der Waals surface area contributed by atoms with Crippen LogP contribution in [0.25, 0.3) is 0 Å². The predicted octanol–water partition coefficient (Wildman–Crippen LogP) is 2.52. The summed E-state index contributed by atoms with van der Waals surface area (Å²) in [6.45, 7) is 5.54. The van der Waals surface area contributed by atoms with Gasteiger partial charge in [0.2, 0.25) is 5.91 Å². The smallest absolute Gasteiger partial charge is 0.222 e. The van der Waals surface area contributed by atoms with Crippen LogP contribution in [0.2, 0.25) is 0 Å². The zero-order valence-corrected chi connectivity index (χ0v) is 19.5. The van der Waals surface area contributed by atoms with Crippen molar-refractivity contribution < 1.29 is 4.79 Å². The van der Waals surface area contributed by atoms with Crippen LogP contribution in [0.4, 0.5) is 5.13 Å². The van der Waals surface area contributed by atoms with Crippen molar-refractivity contribution in [2.45, 2.75) is 25.9 Å². The van der Waals surface area contributed by atoms with Crippen LogP contribution in [0.15, 0.2) is 40.8 Å². The molecular weight excluding hydrogens is 499 g/mol. The monoisotopic (exact) mass is 526 g/mol. The number of guanidine groups is 1. The number of anilines is 1. The van der Waals surface area contributed by atoms with Gasteiger partial charge in [-0.1, -0.05) is 24.3 Å². The SMILES string of the molecule is I.NC(=NCc1ccccc1CN1CCCC1=O)N1CCN(c2nccs2)CC1. The fraction of sp³-hybridized carbons (Fsp3) is 0.450. The van der Waals surface area contributed by atoms with Gasteiger partial charge in [-0.2, -0.15) is 0 Å². The van der Waals surface area contributed by atoms with E-state index in [1.165, 1.54) is 0 Å². The number of hydrogen-bond donors (Lipinski definition) is 1. The quantitative estimate of drug-likeness (QED) is 0.368. The second-order valence-electron chi connectivity index (χ2n) is 7.15. The average Bonchev–Trinajstić information content (AvgIpc) is 3.40. The summed E-state index contributed by atoms with van der Waals surface area (Å²) >= 11 is 1.67. The Balaban J connectivity index is 0.00000240. The van der Waals surface area contributed by atoms with Crippen LogP contribution in [-0.4, -0.2) is 59.4 Å². The molecule has 156 valence electrons. The first-order valence-electron chi connectivity index (χ1n) is 9.74. The molecule has 2 N–H and O–H groups in total. The summed E-state index contributed by atoms with van der Waals surface area (Å²) in [6, 6.07) is 8.19. The summed E-state index contributed by atoms with van der Waals surface area (Å²) in [4.78, 5) is 27.3. The topological polar surface area (TPSA) is 78.1 Å². The number of carbonyl (C=O) groups excluding carboxylic acids is 1. The number of benzene rings is 1. The van der Waals surface area contributed by atoms with Crippen LogP contribution in [-0.2, 0) is 17.9 Å². The van der Waals surface area contributed by atoms with Gasteiger partial charge in [-0.15, -0.1) is 35.3 Å². The number of rotatable bonds is 5. The number of aliphatic imine (C=N–C) groups is 1. The standard InChI is InChI=1S/C20H26N6OS.HI/c21-19(24-9-11-25(12-10-24)20-22-7-13-28-20)23-14-16-4-1-2-5-17(16)15-26-8-3-6-18(26)27;/h1-2,4-5,7,13H,3,6,8-12,14-15H2,(H2,21,23);1H. The van der Waals surface area contributed by atoms with Gasteiger partial charge in [0.25, 0.3) is 0 Å². The molecule has 2 saturated heterocycles. The minimum absolute atomic E-state index is 0. The van der Waals surface area contributed by atoms with Gasteiger partial charge in [-0.25, -0.2) is 9.98 Å². The lowest BCUT2D eigenvalue weighted by Gasteiger charge is -2.35. The Morgan fingerprint density at radius 2 is 1.90 bits per heavy atom. The average molecular weight is 526 g/mol. The van der Waals surface area contributed by atoms with E-state index in [1.54, 1.807) is 11.3 Å². The summed E-state index contributed by atoms with van der Waals surface area (Å²) in [6.07, 6.45) is 3.47. The van der Waals surface area contributed by atoms with E-state index in [9.17, 15) is 4.79 Å². The summed E-state index contributed by atoms with van der Waals surface area (Å²) in [7, 11) is 0. The summed E-state index contributed by atoms with van der Waals surface area (Å²) in [5.41, 5.74) is 8.56. The maximum Gasteiger partial charge on any atom is 0.222 e. The van der Waals surface area contributed by atoms with E-state index in [4.69, 9.17) is 5.73 Å². The number of aromatic nitrogens is 1. The molecule has 2 fully saturated rings. The Morgan fingerprint density at radius 1 is 1.14 bits per heavy atom. The Labute approximate surface area is 192 Å². The third kappa shape index (κ3) is 5.39. The molecule has 0 unspecified atom stereocenters. The first-order valence-corrected chi connectivity index (χ1v) is 10.6. The highest BCUT2D eigenvalue weighted by molar-refractivity contribution is 14.0. The van der Waals surface area contributed by atoms with Crippen molar-refractivity contribution in [3.8, 4) is 0 Å². The van der Waals surface area contributed by atoms with Gasteiger partial charge >= 0.3 is 0 Å². The van der Waals surface area contributed by atoms with Gasteiger partial charge in [0.1, 0.15) is 0 Å². The molecule has 2 aliphatic heterocycles. The van der Waals surface area contributed by atoms with Crippen molar-refractivity contribution in [1.29, 1.82) is 0 Å². The Hall–Kier alpha value is -1.88. The third-order valence-electron chi connectivity index (χ3n) is 5.36. The molecule has 0 aliphatic carbocycles. The van der Waals surface area contributed by atoms with E-state index >= 15 is 0 Å². The largest absolute Gasteiger partial charge is 0.370 e. The fourth-order valence-corrected chi connectivity index (χ4v) is 4.40. The highest BCUT2D eigenvalue weighted by Gasteiger charge is 2.22. The Morgan fingerprint density at radius 3 is 2.55 bits per heavy atom. The first kappa shape index (κ1) is 21.8. The molecular formula is C20H27IN6OS. The van der Waals surface area contributed by atoms with E-state index in [0.29, 0.717) is 25.5 Å². The zero-order valence-electron chi connectivity index (χ0n) is 16.4. The van der Waals surface area contributed by atoms with E-state index in [0.717, 1.165) is 55.4 Å². The molecule has 0 radical (unpaired) electrons. The summed E-state index contributed by atoms with van der Waals surface area (Å²) < 4.78 is 0. The third-order valence-corrected chi connectivity index (χ3v) is 6.19. The van der Waals surface area contributed by atoms with Crippen molar-refractivity contribution in [3.05, 3.63) is 47.0 Å². The number of likely N-dealkylation sites (tertiary alicyclic amines) is 1. The summed E-state index contributed by atoms with van der Waals surface area (Å²) in [5, 5.41) is 3.07. The molecule has 3 heterocycles. The second-order valence-corrected chi connectivity index (χ2v) is 8.02. The van der Waals surface area contributed by atoms with Gasteiger partial charge in [0.15, 0.2) is 11.1 Å². The number of nitrogens with zero attached hydrogens (tertiary/aromatic N) is 5. The van der Waals surface area contributed by atoms with Crippen molar-refractivity contribution in [2.24, 2.45) is 10.7 Å². The zero-order chi connectivity index (χ0) is 19.3. The molecule has 7 nitrogen and oxygen atoms in total. The number of carbonyl (C=O) groups is 1.